The van der Waals surface area contributed by atoms with Crippen molar-refractivity contribution in [2.24, 2.45) is 5.73 Å². The number of ether oxygens (including phenoxy) is 1. The molecule has 0 bridgehead atoms. The second-order valence-electron chi connectivity index (χ2n) is 3.86. The molecule has 1 aromatic heterocycles. The van der Waals surface area contributed by atoms with E-state index in [0.717, 1.165) is 11.8 Å². The molecule has 0 saturated heterocycles. The van der Waals surface area contributed by atoms with Crippen LogP contribution in [0.2, 0.25) is 0 Å². The minimum atomic E-state index is -0.418. The minimum absolute atomic E-state index is 0.0587. The van der Waals surface area contributed by atoms with Crippen LogP contribution in [-0.2, 0) is 6.54 Å². The van der Waals surface area contributed by atoms with Crippen molar-refractivity contribution in [2.75, 3.05) is 6.61 Å². The van der Waals surface area contributed by atoms with Gasteiger partial charge in [-0.3, -0.25) is 4.79 Å². The Morgan fingerprint density at radius 2 is 2.05 bits per heavy atom. The zero-order valence-corrected chi connectivity index (χ0v) is 10.5. The number of nitrogens with two attached hydrogens (primary N) is 1. The number of hydrogen-bond donors (Lipinski definition) is 2. The van der Waals surface area contributed by atoms with Crippen molar-refractivity contribution in [3.05, 3.63) is 46.4 Å². The van der Waals surface area contributed by atoms with Gasteiger partial charge in [0.05, 0.1) is 12.3 Å². The first-order chi connectivity index (χ1) is 9.15. The maximum Gasteiger partial charge on any atom is 0.275 e. The molecule has 0 unspecified atom stereocenters. The van der Waals surface area contributed by atoms with E-state index in [1.54, 1.807) is 24.3 Å². The van der Waals surface area contributed by atoms with Crippen LogP contribution in [0.1, 0.15) is 12.6 Å². The van der Waals surface area contributed by atoms with Gasteiger partial charge in [-0.25, -0.2) is 0 Å². The second kappa shape index (κ2) is 5.53. The standard InChI is InChI=1S/C13H15N3O3/c1-2-19-10-5-3-9(4-6-10)16-13(18)7-12(17)11(8-14)15-16/h3-7,17H,2,8,14H2,1H3. The molecule has 0 aliphatic heterocycles. The van der Waals surface area contributed by atoms with E-state index in [0.29, 0.717) is 12.3 Å². The van der Waals surface area contributed by atoms with Crippen molar-refractivity contribution in [3.8, 4) is 17.2 Å². The van der Waals surface area contributed by atoms with Crippen molar-refractivity contribution in [2.45, 2.75) is 13.5 Å². The lowest BCUT2D eigenvalue weighted by molar-refractivity contribution is 0.340. The third-order valence-electron chi connectivity index (χ3n) is 2.57. The molecule has 1 aromatic carbocycles. The Balaban J connectivity index is 2.43. The number of benzene rings is 1. The highest BCUT2D eigenvalue weighted by molar-refractivity contribution is 5.37. The number of aromatic nitrogens is 2. The molecule has 2 rings (SSSR count). The van der Waals surface area contributed by atoms with Crippen molar-refractivity contribution in [1.29, 1.82) is 0 Å². The van der Waals surface area contributed by atoms with Crippen molar-refractivity contribution >= 4 is 0 Å². The summed E-state index contributed by atoms with van der Waals surface area (Å²) < 4.78 is 6.52. The molecule has 0 fully saturated rings. The highest BCUT2D eigenvalue weighted by atomic mass is 16.5. The molecule has 0 aliphatic carbocycles. The van der Waals surface area contributed by atoms with Crippen LogP contribution in [0.5, 0.6) is 11.5 Å². The van der Waals surface area contributed by atoms with Gasteiger partial charge in [0.25, 0.3) is 5.56 Å². The van der Waals surface area contributed by atoms with Crippen LogP contribution in [0.4, 0.5) is 0 Å². The molecule has 6 nitrogen and oxygen atoms in total. The molecule has 0 amide bonds. The Kier molecular flexibility index (Phi) is 3.82. The molecule has 0 radical (unpaired) electrons. The van der Waals surface area contributed by atoms with Gasteiger partial charge in [-0.2, -0.15) is 9.78 Å². The number of hydrogen-bond acceptors (Lipinski definition) is 5. The van der Waals surface area contributed by atoms with Crippen LogP contribution in [0.25, 0.3) is 5.69 Å². The highest BCUT2D eigenvalue weighted by Gasteiger charge is 2.08. The molecule has 0 aliphatic rings. The summed E-state index contributed by atoms with van der Waals surface area (Å²) in [7, 11) is 0. The Bertz CT molecular complexity index is 620. The maximum atomic E-state index is 11.8. The maximum absolute atomic E-state index is 11.8. The third-order valence-corrected chi connectivity index (χ3v) is 2.57. The second-order valence-corrected chi connectivity index (χ2v) is 3.86. The summed E-state index contributed by atoms with van der Waals surface area (Å²) in [6.45, 7) is 2.53. The van der Waals surface area contributed by atoms with Crippen molar-refractivity contribution in [3.63, 3.8) is 0 Å². The van der Waals surface area contributed by atoms with E-state index in [2.05, 4.69) is 5.10 Å². The first kappa shape index (κ1) is 13.1. The first-order valence-corrected chi connectivity index (χ1v) is 5.91. The summed E-state index contributed by atoms with van der Waals surface area (Å²) in [5.41, 5.74) is 5.89. The van der Waals surface area contributed by atoms with Gasteiger partial charge in [0.1, 0.15) is 17.2 Å². The van der Waals surface area contributed by atoms with Crippen molar-refractivity contribution in [1.82, 2.24) is 9.78 Å². The molecule has 100 valence electrons. The van der Waals surface area contributed by atoms with Gasteiger partial charge in [0, 0.05) is 12.6 Å². The largest absolute Gasteiger partial charge is 0.506 e. The van der Waals surface area contributed by atoms with Crippen LogP contribution >= 0.6 is 0 Å². The van der Waals surface area contributed by atoms with Crippen LogP contribution in [-0.4, -0.2) is 21.5 Å². The van der Waals surface area contributed by atoms with E-state index in [9.17, 15) is 9.90 Å². The highest BCUT2D eigenvalue weighted by Crippen LogP contribution is 2.15. The fourth-order valence-electron chi connectivity index (χ4n) is 1.66. The van der Waals surface area contributed by atoms with Gasteiger partial charge >= 0.3 is 0 Å². The van der Waals surface area contributed by atoms with Gasteiger partial charge in [0.15, 0.2) is 0 Å². The molecule has 19 heavy (non-hydrogen) atoms. The van der Waals surface area contributed by atoms with E-state index in [-0.39, 0.29) is 18.0 Å². The lowest BCUT2D eigenvalue weighted by atomic mass is 10.3. The summed E-state index contributed by atoms with van der Waals surface area (Å²) >= 11 is 0. The Morgan fingerprint density at radius 3 is 2.63 bits per heavy atom. The molecular weight excluding hydrogens is 246 g/mol. The summed E-state index contributed by atoms with van der Waals surface area (Å²) in [5.74, 6) is 0.534. The smallest absolute Gasteiger partial charge is 0.275 e. The fourth-order valence-corrected chi connectivity index (χ4v) is 1.66. The van der Waals surface area contributed by atoms with Gasteiger partial charge in [0.2, 0.25) is 0 Å². The van der Waals surface area contributed by atoms with E-state index in [4.69, 9.17) is 10.5 Å². The van der Waals surface area contributed by atoms with Gasteiger partial charge in [-0.1, -0.05) is 0 Å². The van der Waals surface area contributed by atoms with Crippen LogP contribution in [0.3, 0.4) is 0 Å². The average Bonchev–Trinajstić information content (AvgIpc) is 2.41. The average molecular weight is 261 g/mol. The topological polar surface area (TPSA) is 90.4 Å². The Morgan fingerprint density at radius 1 is 1.37 bits per heavy atom. The van der Waals surface area contributed by atoms with Gasteiger partial charge < -0.3 is 15.6 Å². The molecule has 0 atom stereocenters. The summed E-state index contributed by atoms with van der Waals surface area (Å²) in [6, 6.07) is 8.04. The molecule has 2 aromatic rings. The van der Waals surface area contributed by atoms with E-state index in [1.807, 2.05) is 6.92 Å². The van der Waals surface area contributed by atoms with Crippen LogP contribution in [0, 0.1) is 0 Å². The lowest BCUT2D eigenvalue weighted by Crippen LogP contribution is -2.22. The SMILES string of the molecule is CCOc1ccc(-n2nc(CN)c(O)cc2=O)cc1. The zero-order valence-electron chi connectivity index (χ0n) is 10.5. The predicted molar refractivity (Wildman–Crippen MR) is 70.6 cm³/mol. The van der Waals surface area contributed by atoms with E-state index >= 15 is 0 Å². The fraction of sp³-hybridized carbons (Fsp3) is 0.231. The number of aromatic hydroxyl groups is 1. The minimum Gasteiger partial charge on any atom is -0.506 e. The number of rotatable bonds is 4. The van der Waals surface area contributed by atoms with E-state index in [1.165, 1.54) is 4.68 Å². The molecule has 6 heteroatoms. The summed E-state index contributed by atoms with van der Waals surface area (Å²) in [5, 5.41) is 13.5. The lowest BCUT2D eigenvalue weighted by Gasteiger charge is -2.08. The van der Waals surface area contributed by atoms with Crippen LogP contribution in [0.15, 0.2) is 35.1 Å². The van der Waals surface area contributed by atoms with Crippen LogP contribution < -0.4 is 16.0 Å². The molecular formula is C13H15N3O3. The van der Waals surface area contributed by atoms with Gasteiger partial charge in [-0.05, 0) is 31.2 Å². The first-order valence-electron chi connectivity index (χ1n) is 5.91. The quantitative estimate of drug-likeness (QED) is 0.849. The number of nitrogens with zero attached hydrogens (tertiary/aromatic N) is 2. The Hall–Kier alpha value is -2.34. The van der Waals surface area contributed by atoms with Gasteiger partial charge in [-0.15, -0.1) is 0 Å². The normalized spacial score (nSPS) is 10.4. The molecule has 1 heterocycles. The Labute approximate surface area is 110 Å². The van der Waals surface area contributed by atoms with Crippen molar-refractivity contribution < 1.29 is 9.84 Å². The predicted octanol–water partition coefficient (Wildman–Crippen LogP) is 0.796. The molecule has 3 N–H and O–H groups in total. The summed E-state index contributed by atoms with van der Waals surface area (Å²) in [6.07, 6.45) is 0. The molecule has 0 saturated carbocycles. The third kappa shape index (κ3) is 2.74. The van der Waals surface area contributed by atoms with E-state index < -0.39 is 5.56 Å². The monoisotopic (exact) mass is 261 g/mol. The zero-order chi connectivity index (χ0) is 13.8. The molecule has 0 spiro atoms. The summed E-state index contributed by atoms with van der Waals surface area (Å²) in [4.78, 5) is 11.8.